The molecule has 14 heavy (non-hydrogen) atoms. The molecule has 0 radical (unpaired) electrons. The van der Waals surface area contributed by atoms with E-state index in [9.17, 15) is 4.79 Å². The van der Waals surface area contributed by atoms with Crippen molar-refractivity contribution in [1.29, 1.82) is 0 Å². The maximum absolute atomic E-state index is 10.9. The van der Waals surface area contributed by atoms with Crippen LogP contribution in [0.25, 0.3) is 0 Å². The van der Waals surface area contributed by atoms with Crippen LogP contribution in [0.1, 0.15) is 46.0 Å². The smallest absolute Gasteiger partial charge is 0.305 e. The highest BCUT2D eigenvalue weighted by Gasteiger charge is 2.04. The van der Waals surface area contributed by atoms with Gasteiger partial charge in [0.05, 0.1) is 6.61 Å². The van der Waals surface area contributed by atoms with Crippen LogP contribution in [0.3, 0.4) is 0 Å². The average molecular weight is 198 g/mol. The minimum absolute atomic E-state index is 0.0945. The van der Waals surface area contributed by atoms with E-state index in [0.29, 0.717) is 18.9 Å². The van der Waals surface area contributed by atoms with Crippen molar-refractivity contribution < 1.29 is 9.53 Å². The molecule has 0 saturated carbocycles. The Balaban J connectivity index is 3.31. The minimum atomic E-state index is -0.0945. The highest BCUT2D eigenvalue weighted by molar-refractivity contribution is 5.68. The van der Waals surface area contributed by atoms with Gasteiger partial charge in [-0.15, -0.1) is 6.58 Å². The van der Waals surface area contributed by atoms with E-state index in [1.165, 1.54) is 12.8 Å². The lowest BCUT2D eigenvalue weighted by molar-refractivity contribution is -0.144. The first-order chi connectivity index (χ1) is 6.70. The van der Waals surface area contributed by atoms with Gasteiger partial charge in [0.2, 0.25) is 0 Å². The molecule has 0 fully saturated rings. The van der Waals surface area contributed by atoms with Crippen molar-refractivity contribution in [2.75, 3.05) is 6.61 Å². The zero-order valence-electron chi connectivity index (χ0n) is 9.42. The second-order valence-corrected chi connectivity index (χ2v) is 3.71. The molecule has 2 nitrogen and oxygen atoms in total. The zero-order valence-corrected chi connectivity index (χ0v) is 9.42. The van der Waals surface area contributed by atoms with Crippen molar-refractivity contribution in [3.63, 3.8) is 0 Å². The van der Waals surface area contributed by atoms with Crippen LogP contribution in [0.2, 0.25) is 0 Å². The lowest BCUT2D eigenvalue weighted by Crippen LogP contribution is -2.10. The van der Waals surface area contributed by atoms with Crippen LogP contribution < -0.4 is 0 Å². The normalized spacial score (nSPS) is 12.1. The third kappa shape index (κ3) is 7.84. The second kappa shape index (κ2) is 8.79. The lowest BCUT2D eigenvalue weighted by Gasteiger charge is -2.10. The van der Waals surface area contributed by atoms with Gasteiger partial charge in [0.25, 0.3) is 0 Å². The van der Waals surface area contributed by atoms with Gasteiger partial charge in [-0.3, -0.25) is 4.79 Å². The molecule has 0 aromatic carbocycles. The summed E-state index contributed by atoms with van der Waals surface area (Å²) in [6.45, 7) is 8.19. The first kappa shape index (κ1) is 13.2. The third-order valence-electron chi connectivity index (χ3n) is 2.17. The van der Waals surface area contributed by atoms with Crippen molar-refractivity contribution in [1.82, 2.24) is 0 Å². The molecule has 0 aliphatic heterocycles. The summed E-state index contributed by atoms with van der Waals surface area (Å²) in [5.41, 5.74) is 0. The average Bonchev–Trinajstić information content (AvgIpc) is 2.21. The zero-order chi connectivity index (χ0) is 10.8. The fourth-order valence-corrected chi connectivity index (χ4v) is 1.20. The maximum atomic E-state index is 10.9. The summed E-state index contributed by atoms with van der Waals surface area (Å²) in [4.78, 5) is 10.9. The van der Waals surface area contributed by atoms with Crippen LogP contribution in [-0.4, -0.2) is 12.6 Å². The first-order valence-electron chi connectivity index (χ1n) is 5.47. The molecular formula is C12H22O2. The number of carbonyl (C=O) groups is 1. The molecule has 0 rings (SSSR count). The Kier molecular flexibility index (Phi) is 8.30. The van der Waals surface area contributed by atoms with Crippen molar-refractivity contribution in [2.24, 2.45) is 5.92 Å². The van der Waals surface area contributed by atoms with Crippen LogP contribution in [0.4, 0.5) is 0 Å². The summed E-state index contributed by atoms with van der Waals surface area (Å²) in [6.07, 6.45) is 7.02. The third-order valence-corrected chi connectivity index (χ3v) is 2.17. The number of hydrogen-bond donors (Lipinski definition) is 0. The van der Waals surface area contributed by atoms with Gasteiger partial charge in [0.15, 0.2) is 0 Å². The topological polar surface area (TPSA) is 26.3 Å². The fourth-order valence-electron chi connectivity index (χ4n) is 1.20. The van der Waals surface area contributed by atoms with Crippen LogP contribution in [0, 0.1) is 5.92 Å². The van der Waals surface area contributed by atoms with Gasteiger partial charge in [0.1, 0.15) is 0 Å². The number of esters is 1. The molecule has 0 bridgehead atoms. The van der Waals surface area contributed by atoms with Gasteiger partial charge < -0.3 is 4.74 Å². The molecular weight excluding hydrogens is 176 g/mol. The second-order valence-electron chi connectivity index (χ2n) is 3.71. The largest absolute Gasteiger partial charge is 0.465 e. The van der Waals surface area contributed by atoms with E-state index in [4.69, 9.17) is 4.74 Å². The first-order valence-corrected chi connectivity index (χ1v) is 5.47. The Morgan fingerprint density at radius 1 is 1.50 bits per heavy atom. The Morgan fingerprint density at radius 2 is 2.21 bits per heavy atom. The van der Waals surface area contributed by atoms with Crippen LogP contribution >= 0.6 is 0 Å². The predicted octanol–water partition coefficient (Wildman–Crippen LogP) is 3.32. The molecule has 0 aliphatic carbocycles. The monoisotopic (exact) mass is 198 g/mol. The van der Waals surface area contributed by atoms with Gasteiger partial charge >= 0.3 is 5.97 Å². The van der Waals surface area contributed by atoms with E-state index in [-0.39, 0.29) is 5.97 Å². The standard InChI is InChI=1S/C12H22O2/c1-4-6-7-8-9-11(3)10-14-12(13)5-2/h4,11H,1,5-10H2,2-3H3. The van der Waals surface area contributed by atoms with E-state index >= 15 is 0 Å². The molecule has 0 spiro atoms. The van der Waals surface area contributed by atoms with Crippen molar-refractivity contribution in [2.45, 2.75) is 46.0 Å². The Hall–Kier alpha value is -0.790. The van der Waals surface area contributed by atoms with Crippen LogP contribution in [-0.2, 0) is 9.53 Å². The summed E-state index contributed by atoms with van der Waals surface area (Å²) in [5, 5.41) is 0. The molecule has 2 heteroatoms. The molecule has 0 aromatic rings. The van der Waals surface area contributed by atoms with E-state index in [1.54, 1.807) is 0 Å². The van der Waals surface area contributed by atoms with Crippen LogP contribution in [0.5, 0.6) is 0 Å². The minimum Gasteiger partial charge on any atom is -0.465 e. The molecule has 82 valence electrons. The van der Waals surface area contributed by atoms with Gasteiger partial charge in [-0.2, -0.15) is 0 Å². The molecule has 0 heterocycles. The number of hydrogen-bond acceptors (Lipinski definition) is 2. The SMILES string of the molecule is C=CCCCCC(C)COC(=O)CC. The Morgan fingerprint density at radius 3 is 2.79 bits per heavy atom. The maximum Gasteiger partial charge on any atom is 0.305 e. The summed E-state index contributed by atoms with van der Waals surface area (Å²) in [6, 6.07) is 0. The quantitative estimate of drug-likeness (QED) is 0.340. The van der Waals surface area contributed by atoms with Gasteiger partial charge in [-0.25, -0.2) is 0 Å². The Bertz CT molecular complexity index is 164. The predicted molar refractivity (Wildman–Crippen MR) is 59.1 cm³/mol. The van der Waals surface area contributed by atoms with Crippen molar-refractivity contribution in [3.8, 4) is 0 Å². The van der Waals surface area contributed by atoms with Gasteiger partial charge in [-0.05, 0) is 25.2 Å². The molecule has 0 saturated heterocycles. The number of ether oxygens (including phenoxy) is 1. The summed E-state index contributed by atoms with van der Waals surface area (Å²) >= 11 is 0. The van der Waals surface area contributed by atoms with E-state index in [0.717, 1.165) is 12.8 Å². The van der Waals surface area contributed by atoms with Crippen LogP contribution in [0.15, 0.2) is 12.7 Å². The van der Waals surface area contributed by atoms with E-state index in [1.807, 2.05) is 13.0 Å². The van der Waals surface area contributed by atoms with E-state index in [2.05, 4.69) is 13.5 Å². The fraction of sp³-hybridized carbons (Fsp3) is 0.750. The van der Waals surface area contributed by atoms with Gasteiger partial charge in [0, 0.05) is 6.42 Å². The summed E-state index contributed by atoms with van der Waals surface area (Å²) < 4.78 is 5.05. The Labute approximate surface area is 87.3 Å². The van der Waals surface area contributed by atoms with Crippen molar-refractivity contribution in [3.05, 3.63) is 12.7 Å². The number of rotatable bonds is 8. The van der Waals surface area contributed by atoms with Crippen molar-refractivity contribution >= 4 is 5.97 Å². The van der Waals surface area contributed by atoms with E-state index < -0.39 is 0 Å². The lowest BCUT2D eigenvalue weighted by atomic mass is 10.0. The molecule has 0 aromatic heterocycles. The highest BCUT2D eigenvalue weighted by Crippen LogP contribution is 2.10. The van der Waals surface area contributed by atoms with Gasteiger partial charge in [-0.1, -0.05) is 26.3 Å². The molecule has 0 aliphatic rings. The molecule has 0 N–H and O–H groups in total. The summed E-state index contributed by atoms with van der Waals surface area (Å²) in [7, 11) is 0. The number of unbranched alkanes of at least 4 members (excludes halogenated alkanes) is 2. The molecule has 1 unspecified atom stereocenters. The number of allylic oxidation sites excluding steroid dienone is 1. The number of carbonyl (C=O) groups excluding carboxylic acids is 1. The summed E-state index contributed by atoms with van der Waals surface area (Å²) in [5.74, 6) is 0.387. The molecule has 1 atom stereocenters. The highest BCUT2D eigenvalue weighted by atomic mass is 16.5. The molecule has 0 amide bonds.